The summed E-state index contributed by atoms with van der Waals surface area (Å²) in [5.74, 6) is 1.41. The molecule has 0 radical (unpaired) electrons. The molecule has 1 aromatic rings. The fourth-order valence-electron chi connectivity index (χ4n) is 3.46. The van der Waals surface area contributed by atoms with Gasteiger partial charge in [-0.25, -0.2) is 4.79 Å². The number of aryl methyl sites for hydroxylation is 1. The Morgan fingerprint density at radius 3 is 2.74 bits per heavy atom. The second-order valence-corrected chi connectivity index (χ2v) is 6.81. The average molecular weight is 317 g/mol. The second-order valence-electron chi connectivity index (χ2n) is 6.81. The van der Waals surface area contributed by atoms with E-state index in [1.165, 1.54) is 12.8 Å². The number of urea groups is 1. The first kappa shape index (κ1) is 16.1. The molecule has 2 fully saturated rings. The van der Waals surface area contributed by atoms with Gasteiger partial charge in [0.2, 0.25) is 0 Å². The summed E-state index contributed by atoms with van der Waals surface area (Å²) in [4.78, 5) is 18.4. The maximum absolute atomic E-state index is 12.3. The number of carbonyl (C=O) groups excluding carboxylic acids is 1. The number of aromatic nitrogens is 1. The van der Waals surface area contributed by atoms with Crippen molar-refractivity contribution in [3.05, 3.63) is 24.0 Å². The predicted octanol–water partition coefficient (Wildman–Crippen LogP) is 3.13. The van der Waals surface area contributed by atoms with E-state index in [1.54, 1.807) is 6.20 Å². The van der Waals surface area contributed by atoms with Gasteiger partial charge in [0.15, 0.2) is 0 Å². The van der Waals surface area contributed by atoms with Crippen molar-refractivity contribution in [3.63, 3.8) is 0 Å². The van der Waals surface area contributed by atoms with Crippen molar-refractivity contribution in [2.45, 2.75) is 51.5 Å². The lowest BCUT2D eigenvalue weighted by atomic mass is 9.98. The third kappa shape index (κ3) is 4.60. The van der Waals surface area contributed by atoms with Gasteiger partial charge < -0.3 is 15.0 Å². The number of rotatable bonds is 4. The second kappa shape index (κ2) is 7.66. The van der Waals surface area contributed by atoms with Crippen molar-refractivity contribution in [2.75, 3.05) is 19.7 Å². The summed E-state index contributed by atoms with van der Waals surface area (Å²) in [5.41, 5.74) is 0.973. The molecule has 1 aliphatic carbocycles. The number of hydrogen-bond donors (Lipinski definition) is 1. The standard InChI is InChI=1S/C18H27N3O2/c1-14-12-17(6-9-19-14)23-13-15-7-10-21(11-8-15)18(22)20-16-4-2-3-5-16/h6,9,12,15-16H,2-5,7-8,10-11,13H2,1H3,(H,20,22). The van der Waals surface area contributed by atoms with E-state index < -0.39 is 0 Å². The number of hydrogen-bond acceptors (Lipinski definition) is 3. The first-order chi connectivity index (χ1) is 11.2. The fourth-order valence-corrected chi connectivity index (χ4v) is 3.46. The molecule has 1 N–H and O–H groups in total. The first-order valence-corrected chi connectivity index (χ1v) is 8.81. The highest BCUT2D eigenvalue weighted by Gasteiger charge is 2.25. The highest BCUT2D eigenvalue weighted by Crippen LogP contribution is 2.21. The van der Waals surface area contributed by atoms with Crippen LogP contribution in [0.4, 0.5) is 4.79 Å². The molecule has 1 aromatic heterocycles. The molecule has 126 valence electrons. The minimum Gasteiger partial charge on any atom is -0.493 e. The van der Waals surface area contributed by atoms with Gasteiger partial charge in [0.1, 0.15) is 5.75 Å². The van der Waals surface area contributed by atoms with Crippen molar-refractivity contribution < 1.29 is 9.53 Å². The Morgan fingerprint density at radius 1 is 1.30 bits per heavy atom. The topological polar surface area (TPSA) is 54.5 Å². The predicted molar refractivity (Wildman–Crippen MR) is 89.6 cm³/mol. The lowest BCUT2D eigenvalue weighted by Crippen LogP contribution is -2.47. The van der Waals surface area contributed by atoms with Gasteiger partial charge in [-0.05, 0) is 44.6 Å². The van der Waals surface area contributed by atoms with Gasteiger partial charge in [0.25, 0.3) is 0 Å². The molecule has 0 atom stereocenters. The minimum absolute atomic E-state index is 0.126. The third-order valence-electron chi connectivity index (χ3n) is 4.94. The number of pyridine rings is 1. The molecule has 5 nitrogen and oxygen atoms in total. The summed E-state index contributed by atoms with van der Waals surface area (Å²) in [6.45, 7) is 4.36. The van der Waals surface area contributed by atoms with E-state index in [-0.39, 0.29) is 6.03 Å². The molecule has 1 saturated carbocycles. The summed E-state index contributed by atoms with van der Waals surface area (Å²) in [6.07, 6.45) is 8.59. The normalized spacial score (nSPS) is 19.8. The Balaban J connectivity index is 1.38. The van der Waals surface area contributed by atoms with Gasteiger partial charge in [-0.2, -0.15) is 0 Å². The van der Waals surface area contributed by atoms with E-state index >= 15 is 0 Å². The molecule has 2 amide bonds. The van der Waals surface area contributed by atoms with Crippen LogP contribution in [0.3, 0.4) is 0 Å². The number of piperidine rings is 1. The van der Waals surface area contributed by atoms with Crippen LogP contribution in [0.15, 0.2) is 18.3 Å². The molecule has 3 rings (SSSR count). The van der Waals surface area contributed by atoms with Crippen LogP contribution >= 0.6 is 0 Å². The van der Waals surface area contributed by atoms with E-state index in [1.807, 2.05) is 24.0 Å². The quantitative estimate of drug-likeness (QED) is 0.928. The zero-order valence-electron chi connectivity index (χ0n) is 14.0. The maximum Gasteiger partial charge on any atom is 0.317 e. The maximum atomic E-state index is 12.3. The summed E-state index contributed by atoms with van der Waals surface area (Å²) in [5, 5.41) is 3.18. The lowest BCUT2D eigenvalue weighted by Gasteiger charge is -2.32. The highest BCUT2D eigenvalue weighted by molar-refractivity contribution is 5.74. The molecule has 0 spiro atoms. The van der Waals surface area contributed by atoms with E-state index in [9.17, 15) is 4.79 Å². The van der Waals surface area contributed by atoms with Gasteiger partial charge in [-0.3, -0.25) is 4.98 Å². The Kier molecular flexibility index (Phi) is 5.36. The lowest BCUT2D eigenvalue weighted by molar-refractivity contribution is 0.143. The summed E-state index contributed by atoms with van der Waals surface area (Å²) < 4.78 is 5.87. The summed E-state index contributed by atoms with van der Waals surface area (Å²) in [7, 11) is 0. The van der Waals surface area contributed by atoms with Crippen molar-refractivity contribution in [1.29, 1.82) is 0 Å². The van der Waals surface area contributed by atoms with Crippen LogP contribution in [-0.4, -0.2) is 41.7 Å². The monoisotopic (exact) mass is 317 g/mol. The van der Waals surface area contributed by atoms with Crippen LogP contribution in [0.2, 0.25) is 0 Å². The summed E-state index contributed by atoms with van der Waals surface area (Å²) in [6, 6.07) is 4.39. The molecule has 0 aromatic carbocycles. The van der Waals surface area contributed by atoms with E-state index in [4.69, 9.17) is 4.74 Å². The molecule has 23 heavy (non-hydrogen) atoms. The minimum atomic E-state index is 0.126. The van der Waals surface area contributed by atoms with Gasteiger partial charge >= 0.3 is 6.03 Å². The SMILES string of the molecule is Cc1cc(OCC2CCN(C(=O)NC3CCCC3)CC2)ccn1. The zero-order chi connectivity index (χ0) is 16.1. The Hall–Kier alpha value is -1.78. The molecule has 0 bridgehead atoms. The highest BCUT2D eigenvalue weighted by atomic mass is 16.5. The Labute approximate surface area is 138 Å². The first-order valence-electron chi connectivity index (χ1n) is 8.81. The molecule has 2 heterocycles. The van der Waals surface area contributed by atoms with Crippen LogP contribution in [0.1, 0.15) is 44.2 Å². The van der Waals surface area contributed by atoms with Gasteiger partial charge in [-0.15, -0.1) is 0 Å². The smallest absolute Gasteiger partial charge is 0.317 e. The molecule has 2 aliphatic rings. The molecular weight excluding hydrogens is 290 g/mol. The number of amides is 2. The third-order valence-corrected chi connectivity index (χ3v) is 4.94. The van der Waals surface area contributed by atoms with Crippen LogP contribution in [0, 0.1) is 12.8 Å². The summed E-state index contributed by atoms with van der Waals surface area (Å²) >= 11 is 0. The molecule has 1 aliphatic heterocycles. The zero-order valence-corrected chi connectivity index (χ0v) is 14.0. The number of ether oxygens (including phenoxy) is 1. The Bertz CT molecular complexity index is 521. The van der Waals surface area contributed by atoms with E-state index in [2.05, 4.69) is 10.3 Å². The fraction of sp³-hybridized carbons (Fsp3) is 0.667. The van der Waals surface area contributed by atoms with Gasteiger partial charge in [0, 0.05) is 37.1 Å². The number of nitrogens with zero attached hydrogens (tertiary/aromatic N) is 2. The average Bonchev–Trinajstić information content (AvgIpc) is 3.06. The molecule has 1 saturated heterocycles. The van der Waals surface area contributed by atoms with Crippen molar-refractivity contribution in [2.24, 2.45) is 5.92 Å². The molecular formula is C18H27N3O2. The van der Waals surface area contributed by atoms with E-state index in [0.29, 0.717) is 12.0 Å². The van der Waals surface area contributed by atoms with Crippen molar-refractivity contribution in [3.8, 4) is 5.75 Å². The van der Waals surface area contributed by atoms with Gasteiger partial charge in [-0.1, -0.05) is 12.8 Å². The molecule has 5 heteroatoms. The number of nitrogens with one attached hydrogen (secondary N) is 1. The number of likely N-dealkylation sites (tertiary alicyclic amines) is 1. The van der Waals surface area contributed by atoms with Crippen molar-refractivity contribution >= 4 is 6.03 Å². The number of carbonyl (C=O) groups is 1. The van der Waals surface area contributed by atoms with Crippen molar-refractivity contribution in [1.82, 2.24) is 15.2 Å². The largest absolute Gasteiger partial charge is 0.493 e. The Morgan fingerprint density at radius 2 is 2.04 bits per heavy atom. The van der Waals surface area contributed by atoms with Crippen LogP contribution in [0.5, 0.6) is 5.75 Å². The van der Waals surface area contributed by atoms with Crippen LogP contribution in [-0.2, 0) is 0 Å². The molecule has 0 unspecified atom stereocenters. The van der Waals surface area contributed by atoms with E-state index in [0.717, 1.165) is 56.8 Å². The van der Waals surface area contributed by atoms with Crippen LogP contribution < -0.4 is 10.1 Å². The van der Waals surface area contributed by atoms with Gasteiger partial charge in [0.05, 0.1) is 6.61 Å². The van der Waals surface area contributed by atoms with Crippen LogP contribution in [0.25, 0.3) is 0 Å².